The number of benzene rings is 3. The standard InChI is InChI=1S/C20H14O2/c1-14-3-2-4-17-9-7-15(11-18(14)17)5-6-16-8-10-19-20(12-16)22-13-21-19/h2-4,7-12H,13H2,1H3. The van der Waals surface area contributed by atoms with E-state index in [1.54, 1.807) is 0 Å². The van der Waals surface area contributed by atoms with E-state index < -0.39 is 0 Å². The molecule has 1 aliphatic rings. The number of aryl methyl sites for hydroxylation is 1. The van der Waals surface area contributed by atoms with Crippen LogP contribution in [0.25, 0.3) is 10.8 Å². The van der Waals surface area contributed by atoms with Crippen LogP contribution in [0.4, 0.5) is 0 Å². The summed E-state index contributed by atoms with van der Waals surface area (Å²) in [6.07, 6.45) is 0. The van der Waals surface area contributed by atoms with Crippen molar-refractivity contribution in [2.45, 2.75) is 6.92 Å². The fourth-order valence-corrected chi connectivity index (χ4v) is 2.63. The van der Waals surface area contributed by atoms with Gasteiger partial charge in [0.2, 0.25) is 6.79 Å². The molecule has 22 heavy (non-hydrogen) atoms. The van der Waals surface area contributed by atoms with E-state index in [0.717, 1.165) is 22.6 Å². The maximum absolute atomic E-state index is 5.37. The molecule has 0 N–H and O–H groups in total. The first-order valence-corrected chi connectivity index (χ1v) is 7.21. The van der Waals surface area contributed by atoms with Gasteiger partial charge in [0.15, 0.2) is 11.5 Å². The Kier molecular flexibility index (Phi) is 2.98. The van der Waals surface area contributed by atoms with E-state index in [1.165, 1.54) is 16.3 Å². The van der Waals surface area contributed by atoms with Crippen molar-refractivity contribution >= 4 is 10.8 Å². The molecule has 3 aromatic carbocycles. The van der Waals surface area contributed by atoms with Crippen molar-refractivity contribution in [1.29, 1.82) is 0 Å². The van der Waals surface area contributed by atoms with E-state index >= 15 is 0 Å². The Balaban J connectivity index is 1.71. The highest BCUT2D eigenvalue weighted by Crippen LogP contribution is 2.32. The van der Waals surface area contributed by atoms with E-state index in [0.29, 0.717) is 0 Å². The number of fused-ring (bicyclic) bond motifs is 2. The summed E-state index contributed by atoms with van der Waals surface area (Å²) in [4.78, 5) is 0. The molecule has 2 heteroatoms. The van der Waals surface area contributed by atoms with Crippen molar-refractivity contribution in [1.82, 2.24) is 0 Å². The van der Waals surface area contributed by atoms with E-state index in [9.17, 15) is 0 Å². The first-order chi connectivity index (χ1) is 10.8. The third-order valence-electron chi connectivity index (χ3n) is 3.82. The van der Waals surface area contributed by atoms with Gasteiger partial charge >= 0.3 is 0 Å². The summed E-state index contributed by atoms with van der Waals surface area (Å²) < 4.78 is 10.7. The summed E-state index contributed by atoms with van der Waals surface area (Å²) in [7, 11) is 0. The van der Waals surface area contributed by atoms with Gasteiger partial charge in [-0.15, -0.1) is 0 Å². The second-order valence-corrected chi connectivity index (χ2v) is 5.33. The minimum atomic E-state index is 0.288. The van der Waals surface area contributed by atoms with Crippen LogP contribution in [0.15, 0.2) is 54.6 Å². The number of hydrogen-bond donors (Lipinski definition) is 0. The molecule has 3 aromatic rings. The Hall–Kier alpha value is -2.92. The molecule has 0 saturated carbocycles. The van der Waals surface area contributed by atoms with Crippen LogP contribution in [0.2, 0.25) is 0 Å². The molecule has 0 aliphatic carbocycles. The Labute approximate surface area is 129 Å². The number of rotatable bonds is 0. The third kappa shape index (κ3) is 2.27. The summed E-state index contributed by atoms with van der Waals surface area (Å²) in [6, 6.07) is 18.4. The second kappa shape index (κ2) is 5.13. The molecule has 2 nitrogen and oxygen atoms in total. The normalized spacial score (nSPS) is 12.0. The van der Waals surface area contributed by atoms with Crippen LogP contribution >= 0.6 is 0 Å². The molecule has 4 rings (SSSR count). The lowest BCUT2D eigenvalue weighted by Crippen LogP contribution is -1.92. The van der Waals surface area contributed by atoms with Crippen LogP contribution in [0.5, 0.6) is 11.5 Å². The summed E-state index contributed by atoms with van der Waals surface area (Å²) in [5, 5.41) is 2.49. The van der Waals surface area contributed by atoms with Gasteiger partial charge in [0, 0.05) is 11.1 Å². The minimum absolute atomic E-state index is 0.288. The van der Waals surface area contributed by atoms with Crippen LogP contribution in [0.3, 0.4) is 0 Å². The molecule has 0 saturated heterocycles. The molecule has 106 valence electrons. The molecule has 0 unspecified atom stereocenters. The molecule has 0 amide bonds. The smallest absolute Gasteiger partial charge is 0.231 e. The molecule has 0 spiro atoms. The van der Waals surface area contributed by atoms with Gasteiger partial charge in [0.1, 0.15) is 0 Å². The Morgan fingerprint density at radius 3 is 2.50 bits per heavy atom. The molecular formula is C20H14O2. The zero-order chi connectivity index (χ0) is 14.9. The average Bonchev–Trinajstić information content (AvgIpc) is 3.01. The highest BCUT2D eigenvalue weighted by Gasteiger charge is 2.12. The summed E-state index contributed by atoms with van der Waals surface area (Å²) in [6.45, 7) is 2.41. The maximum Gasteiger partial charge on any atom is 0.231 e. The van der Waals surface area contributed by atoms with Gasteiger partial charge in [-0.1, -0.05) is 36.1 Å². The van der Waals surface area contributed by atoms with Crippen molar-refractivity contribution in [3.63, 3.8) is 0 Å². The van der Waals surface area contributed by atoms with Crippen molar-refractivity contribution in [3.8, 4) is 23.3 Å². The molecular weight excluding hydrogens is 272 g/mol. The molecule has 1 aliphatic heterocycles. The van der Waals surface area contributed by atoms with Gasteiger partial charge in [-0.2, -0.15) is 0 Å². The lowest BCUT2D eigenvalue weighted by Gasteiger charge is -2.02. The van der Waals surface area contributed by atoms with Crippen molar-refractivity contribution < 1.29 is 9.47 Å². The molecule has 0 aromatic heterocycles. The lowest BCUT2D eigenvalue weighted by molar-refractivity contribution is 0.174. The van der Waals surface area contributed by atoms with Crippen LogP contribution in [0.1, 0.15) is 16.7 Å². The monoisotopic (exact) mass is 286 g/mol. The van der Waals surface area contributed by atoms with Gasteiger partial charge in [-0.3, -0.25) is 0 Å². The highest BCUT2D eigenvalue weighted by atomic mass is 16.7. The van der Waals surface area contributed by atoms with E-state index in [1.807, 2.05) is 18.2 Å². The first-order valence-electron chi connectivity index (χ1n) is 7.21. The van der Waals surface area contributed by atoms with E-state index in [-0.39, 0.29) is 6.79 Å². The molecule has 0 radical (unpaired) electrons. The van der Waals surface area contributed by atoms with Gasteiger partial charge in [0.05, 0.1) is 0 Å². The van der Waals surface area contributed by atoms with E-state index in [4.69, 9.17) is 9.47 Å². The molecule has 1 heterocycles. The third-order valence-corrected chi connectivity index (χ3v) is 3.82. The Bertz CT molecular complexity index is 929. The predicted molar refractivity (Wildman–Crippen MR) is 87.2 cm³/mol. The summed E-state index contributed by atoms with van der Waals surface area (Å²) >= 11 is 0. The quantitative estimate of drug-likeness (QED) is 0.574. The Morgan fingerprint density at radius 2 is 1.59 bits per heavy atom. The molecule has 0 bridgehead atoms. The van der Waals surface area contributed by atoms with Crippen molar-refractivity contribution in [2.24, 2.45) is 0 Å². The van der Waals surface area contributed by atoms with Crippen LogP contribution in [0, 0.1) is 18.8 Å². The Morgan fingerprint density at radius 1 is 0.818 bits per heavy atom. The lowest BCUT2D eigenvalue weighted by atomic mass is 10.0. The predicted octanol–water partition coefficient (Wildman–Crippen LogP) is 4.28. The zero-order valence-corrected chi connectivity index (χ0v) is 12.2. The minimum Gasteiger partial charge on any atom is -0.454 e. The van der Waals surface area contributed by atoms with Gasteiger partial charge < -0.3 is 9.47 Å². The molecule has 0 fully saturated rings. The van der Waals surface area contributed by atoms with Crippen LogP contribution in [-0.4, -0.2) is 6.79 Å². The largest absolute Gasteiger partial charge is 0.454 e. The first kappa shape index (κ1) is 12.8. The zero-order valence-electron chi connectivity index (χ0n) is 12.2. The number of hydrogen-bond acceptors (Lipinski definition) is 2. The van der Waals surface area contributed by atoms with Gasteiger partial charge in [0.25, 0.3) is 0 Å². The SMILES string of the molecule is Cc1cccc2ccc(C#Cc3ccc4c(c3)OCO4)cc12. The second-order valence-electron chi connectivity index (χ2n) is 5.33. The van der Waals surface area contributed by atoms with Crippen LogP contribution in [-0.2, 0) is 0 Å². The van der Waals surface area contributed by atoms with Crippen molar-refractivity contribution in [2.75, 3.05) is 6.79 Å². The fourth-order valence-electron chi connectivity index (χ4n) is 2.63. The van der Waals surface area contributed by atoms with Gasteiger partial charge in [-0.25, -0.2) is 0 Å². The summed E-state index contributed by atoms with van der Waals surface area (Å²) in [5.41, 5.74) is 3.21. The number of ether oxygens (including phenoxy) is 2. The summed E-state index contributed by atoms with van der Waals surface area (Å²) in [5.74, 6) is 7.96. The van der Waals surface area contributed by atoms with Crippen molar-refractivity contribution in [3.05, 3.63) is 71.3 Å². The molecule has 0 atom stereocenters. The topological polar surface area (TPSA) is 18.5 Å². The van der Waals surface area contributed by atoms with Crippen LogP contribution < -0.4 is 9.47 Å². The highest BCUT2D eigenvalue weighted by molar-refractivity contribution is 5.86. The van der Waals surface area contributed by atoms with E-state index in [2.05, 4.69) is 55.2 Å². The fraction of sp³-hybridized carbons (Fsp3) is 0.100. The average molecular weight is 286 g/mol. The maximum atomic E-state index is 5.37. The van der Waals surface area contributed by atoms with Gasteiger partial charge in [-0.05, 0) is 53.6 Å².